The number of carbonyl (C=O) groups excluding carboxylic acids is 1. The van der Waals surface area contributed by atoms with Gasteiger partial charge in [0, 0.05) is 19.0 Å². The highest BCUT2D eigenvalue weighted by Crippen LogP contribution is 2.30. The van der Waals surface area contributed by atoms with E-state index in [4.69, 9.17) is 5.73 Å². The summed E-state index contributed by atoms with van der Waals surface area (Å²) in [7, 11) is 1.78. The quantitative estimate of drug-likeness (QED) is 0.874. The molecule has 1 aromatic heterocycles. The molecule has 1 aliphatic heterocycles. The summed E-state index contributed by atoms with van der Waals surface area (Å²) < 4.78 is 0. The first-order valence-corrected chi connectivity index (χ1v) is 6.71. The average Bonchev–Trinajstić information content (AvgIpc) is 2.95. The number of hydrogen-bond donors (Lipinski definition) is 2. The van der Waals surface area contributed by atoms with Crippen LogP contribution in [-0.2, 0) is 4.79 Å². The number of rotatable bonds is 3. The van der Waals surface area contributed by atoms with Crippen molar-refractivity contribution in [2.24, 2.45) is 5.73 Å². The van der Waals surface area contributed by atoms with Gasteiger partial charge in [-0.1, -0.05) is 12.1 Å². The van der Waals surface area contributed by atoms with E-state index in [1.807, 2.05) is 29.2 Å². The summed E-state index contributed by atoms with van der Waals surface area (Å²) >= 11 is 0. The maximum atomic E-state index is 11.6. The van der Waals surface area contributed by atoms with E-state index >= 15 is 0 Å². The van der Waals surface area contributed by atoms with Crippen molar-refractivity contribution in [1.29, 1.82) is 0 Å². The second-order valence-electron chi connectivity index (χ2n) is 4.89. The molecule has 1 fully saturated rings. The summed E-state index contributed by atoms with van der Waals surface area (Å²) in [5.41, 5.74) is 6.36. The summed E-state index contributed by atoms with van der Waals surface area (Å²) in [5, 5.41) is 3.91. The number of fused-ring (bicyclic) bond motifs is 1. The Morgan fingerprint density at radius 3 is 2.95 bits per heavy atom. The summed E-state index contributed by atoms with van der Waals surface area (Å²) in [6.07, 6.45) is 1.73. The third-order valence-electron chi connectivity index (χ3n) is 3.66. The summed E-state index contributed by atoms with van der Waals surface area (Å²) in [6, 6.07) is 7.52. The van der Waals surface area contributed by atoms with Gasteiger partial charge in [0.05, 0.1) is 5.52 Å². The van der Waals surface area contributed by atoms with E-state index < -0.39 is 0 Å². The fourth-order valence-corrected chi connectivity index (χ4v) is 2.71. The zero-order chi connectivity index (χ0) is 14.1. The average molecular weight is 271 g/mol. The molecule has 1 aliphatic rings. The van der Waals surface area contributed by atoms with Gasteiger partial charge < -0.3 is 16.0 Å². The van der Waals surface area contributed by atoms with E-state index in [9.17, 15) is 4.79 Å². The van der Waals surface area contributed by atoms with Crippen LogP contribution in [0.1, 0.15) is 12.8 Å². The first-order chi connectivity index (χ1) is 9.70. The van der Waals surface area contributed by atoms with E-state index in [0.29, 0.717) is 5.95 Å². The molecule has 0 spiro atoms. The Labute approximate surface area is 117 Å². The van der Waals surface area contributed by atoms with Gasteiger partial charge in [-0.25, -0.2) is 4.98 Å². The summed E-state index contributed by atoms with van der Waals surface area (Å²) in [6.45, 7) is 0.789. The van der Waals surface area contributed by atoms with E-state index in [-0.39, 0.29) is 11.9 Å². The largest absolute Gasteiger partial charge is 0.368 e. The number of hydrogen-bond acceptors (Lipinski definition) is 5. The highest BCUT2D eigenvalue weighted by Gasteiger charge is 2.31. The Balaban J connectivity index is 2.16. The van der Waals surface area contributed by atoms with E-state index in [1.165, 1.54) is 0 Å². The molecule has 20 heavy (non-hydrogen) atoms. The Bertz CT molecular complexity index is 657. The first-order valence-electron chi connectivity index (χ1n) is 6.71. The van der Waals surface area contributed by atoms with Gasteiger partial charge in [-0.15, -0.1) is 0 Å². The number of benzene rings is 1. The number of nitrogens with zero attached hydrogens (tertiary/aromatic N) is 3. The van der Waals surface area contributed by atoms with Crippen LogP contribution in [0.4, 0.5) is 11.8 Å². The van der Waals surface area contributed by atoms with Gasteiger partial charge in [-0.3, -0.25) is 4.79 Å². The topological polar surface area (TPSA) is 84.1 Å². The second kappa shape index (κ2) is 4.96. The molecule has 1 atom stereocenters. The molecule has 1 saturated heterocycles. The lowest BCUT2D eigenvalue weighted by atomic mass is 10.2. The number of nitrogens with one attached hydrogen (secondary N) is 1. The normalized spacial score (nSPS) is 18.4. The highest BCUT2D eigenvalue weighted by molar-refractivity contribution is 5.93. The number of amides is 1. The van der Waals surface area contributed by atoms with Crippen LogP contribution in [0.2, 0.25) is 0 Å². The minimum Gasteiger partial charge on any atom is -0.368 e. The molecule has 2 aromatic rings. The van der Waals surface area contributed by atoms with E-state index in [1.54, 1.807) is 7.05 Å². The van der Waals surface area contributed by atoms with Crippen LogP contribution in [0.25, 0.3) is 10.9 Å². The third-order valence-corrected chi connectivity index (χ3v) is 3.66. The second-order valence-corrected chi connectivity index (χ2v) is 4.89. The highest BCUT2D eigenvalue weighted by atomic mass is 16.1. The maximum absolute atomic E-state index is 11.6. The number of anilines is 2. The Hall–Kier alpha value is -2.37. The van der Waals surface area contributed by atoms with Crippen molar-refractivity contribution in [3.05, 3.63) is 24.3 Å². The number of primary amides is 1. The zero-order valence-electron chi connectivity index (χ0n) is 11.3. The monoisotopic (exact) mass is 271 g/mol. The predicted molar refractivity (Wildman–Crippen MR) is 78.6 cm³/mol. The van der Waals surface area contributed by atoms with Crippen molar-refractivity contribution < 1.29 is 4.79 Å². The van der Waals surface area contributed by atoms with Crippen LogP contribution >= 0.6 is 0 Å². The first kappa shape index (κ1) is 12.7. The zero-order valence-corrected chi connectivity index (χ0v) is 11.3. The minimum absolute atomic E-state index is 0.280. The van der Waals surface area contributed by atoms with Crippen molar-refractivity contribution in [3.8, 4) is 0 Å². The lowest BCUT2D eigenvalue weighted by Crippen LogP contribution is -2.40. The lowest BCUT2D eigenvalue weighted by molar-refractivity contribution is -0.119. The Morgan fingerprint density at radius 1 is 1.40 bits per heavy atom. The van der Waals surface area contributed by atoms with Crippen LogP contribution in [0.3, 0.4) is 0 Å². The number of carbonyl (C=O) groups is 1. The molecule has 0 radical (unpaired) electrons. The van der Waals surface area contributed by atoms with Crippen LogP contribution in [0.5, 0.6) is 0 Å². The van der Waals surface area contributed by atoms with E-state index in [2.05, 4.69) is 15.3 Å². The molecule has 0 bridgehead atoms. The van der Waals surface area contributed by atoms with Gasteiger partial charge in [-0.2, -0.15) is 4.98 Å². The van der Waals surface area contributed by atoms with E-state index in [0.717, 1.165) is 36.1 Å². The number of para-hydroxylation sites is 1. The molecule has 1 aromatic carbocycles. The molecule has 6 heteroatoms. The molecule has 0 aliphatic carbocycles. The fraction of sp³-hybridized carbons (Fsp3) is 0.357. The van der Waals surface area contributed by atoms with Gasteiger partial charge >= 0.3 is 0 Å². The fourth-order valence-electron chi connectivity index (χ4n) is 2.71. The summed E-state index contributed by atoms with van der Waals surface area (Å²) in [4.78, 5) is 22.6. The molecule has 2 heterocycles. The van der Waals surface area contributed by atoms with Gasteiger partial charge in [0.2, 0.25) is 11.9 Å². The SMILES string of the molecule is CNc1nc(N2CCCC2C(N)=O)c2ccccc2n1. The van der Waals surface area contributed by atoms with Crippen molar-refractivity contribution >= 4 is 28.6 Å². The van der Waals surface area contributed by atoms with Crippen molar-refractivity contribution in [1.82, 2.24) is 9.97 Å². The molecular formula is C14H17N5O. The van der Waals surface area contributed by atoms with Crippen LogP contribution in [0, 0.1) is 0 Å². The molecular weight excluding hydrogens is 254 g/mol. The third kappa shape index (κ3) is 2.03. The Morgan fingerprint density at radius 2 is 2.20 bits per heavy atom. The van der Waals surface area contributed by atoms with Crippen LogP contribution < -0.4 is 16.0 Å². The number of aromatic nitrogens is 2. The summed E-state index contributed by atoms with van der Waals surface area (Å²) in [5.74, 6) is 1.03. The van der Waals surface area contributed by atoms with Gasteiger partial charge in [0.1, 0.15) is 11.9 Å². The van der Waals surface area contributed by atoms with Crippen molar-refractivity contribution in [2.45, 2.75) is 18.9 Å². The van der Waals surface area contributed by atoms with Crippen molar-refractivity contribution in [3.63, 3.8) is 0 Å². The van der Waals surface area contributed by atoms with Crippen LogP contribution in [-0.4, -0.2) is 35.5 Å². The smallest absolute Gasteiger partial charge is 0.240 e. The maximum Gasteiger partial charge on any atom is 0.240 e. The number of nitrogens with two attached hydrogens (primary N) is 1. The Kier molecular flexibility index (Phi) is 3.14. The standard InChI is InChI=1S/C14H17N5O/c1-16-14-17-10-6-3-2-5-9(10)13(18-14)19-8-4-7-11(19)12(15)20/h2-3,5-6,11H,4,7-8H2,1H3,(H2,15,20)(H,16,17,18). The molecule has 3 rings (SSSR count). The molecule has 0 saturated carbocycles. The molecule has 1 amide bonds. The lowest BCUT2D eigenvalue weighted by Gasteiger charge is -2.24. The van der Waals surface area contributed by atoms with Gasteiger partial charge in [-0.05, 0) is 25.0 Å². The molecule has 1 unspecified atom stereocenters. The molecule has 6 nitrogen and oxygen atoms in total. The minimum atomic E-state index is -0.295. The van der Waals surface area contributed by atoms with Gasteiger partial charge in [0.25, 0.3) is 0 Å². The van der Waals surface area contributed by atoms with Crippen molar-refractivity contribution in [2.75, 3.05) is 23.8 Å². The molecule has 104 valence electrons. The molecule has 3 N–H and O–H groups in total. The van der Waals surface area contributed by atoms with Gasteiger partial charge in [0.15, 0.2) is 0 Å². The van der Waals surface area contributed by atoms with Crippen LogP contribution in [0.15, 0.2) is 24.3 Å². The predicted octanol–water partition coefficient (Wildman–Crippen LogP) is 1.13.